The summed E-state index contributed by atoms with van der Waals surface area (Å²) in [5, 5.41) is 0. The van der Waals surface area contributed by atoms with Gasteiger partial charge in [-0.1, -0.05) is 6.92 Å². The van der Waals surface area contributed by atoms with E-state index < -0.39 is 0 Å². The molecule has 0 amide bonds. The first kappa shape index (κ1) is 11.5. The fraction of sp³-hybridized carbons (Fsp3) is 0.909. The highest BCUT2D eigenvalue weighted by Crippen LogP contribution is 2.24. The lowest BCUT2D eigenvalue weighted by Gasteiger charge is -2.28. The third-order valence-electron chi connectivity index (χ3n) is 2.69. The Labute approximate surface area is 85.8 Å². The van der Waals surface area contributed by atoms with E-state index in [1.807, 2.05) is 6.92 Å². The molecule has 0 bridgehead atoms. The van der Waals surface area contributed by atoms with Gasteiger partial charge in [0.15, 0.2) is 0 Å². The summed E-state index contributed by atoms with van der Waals surface area (Å²) in [6.07, 6.45) is 3.96. The van der Waals surface area contributed by atoms with Gasteiger partial charge >= 0.3 is 5.97 Å². The lowest BCUT2D eigenvalue weighted by molar-refractivity contribution is -0.145. The third kappa shape index (κ3) is 3.66. The van der Waals surface area contributed by atoms with E-state index in [2.05, 4.69) is 6.92 Å². The number of rotatable bonds is 4. The van der Waals surface area contributed by atoms with E-state index in [1.54, 1.807) is 0 Å². The normalized spacial score (nSPS) is 27.3. The second kappa shape index (κ2) is 6.02. The van der Waals surface area contributed by atoms with Gasteiger partial charge in [0.25, 0.3) is 0 Å². The smallest absolute Gasteiger partial charge is 0.306 e. The molecule has 0 aliphatic carbocycles. The van der Waals surface area contributed by atoms with Crippen LogP contribution in [-0.2, 0) is 14.3 Å². The molecule has 0 radical (unpaired) electrons. The Morgan fingerprint density at radius 2 is 2.29 bits per heavy atom. The van der Waals surface area contributed by atoms with Crippen molar-refractivity contribution in [3.05, 3.63) is 0 Å². The van der Waals surface area contributed by atoms with Crippen LogP contribution in [0.5, 0.6) is 0 Å². The number of esters is 1. The second-order valence-corrected chi connectivity index (χ2v) is 3.80. The highest BCUT2D eigenvalue weighted by Gasteiger charge is 2.23. The first-order valence-corrected chi connectivity index (χ1v) is 5.53. The lowest BCUT2D eigenvalue weighted by Crippen LogP contribution is -2.27. The maximum Gasteiger partial charge on any atom is 0.306 e. The molecule has 0 aromatic rings. The van der Waals surface area contributed by atoms with Gasteiger partial charge in [-0.05, 0) is 32.1 Å². The van der Waals surface area contributed by atoms with Crippen LogP contribution in [-0.4, -0.2) is 25.3 Å². The Morgan fingerprint density at radius 1 is 1.50 bits per heavy atom. The SMILES string of the molecule is CCOC(=O)C[C@H]1CCO[C@H](CC)C1. The molecule has 1 rings (SSSR count). The third-order valence-corrected chi connectivity index (χ3v) is 2.69. The predicted octanol–water partition coefficient (Wildman–Crippen LogP) is 2.14. The van der Waals surface area contributed by atoms with Crippen molar-refractivity contribution in [1.29, 1.82) is 0 Å². The molecule has 0 saturated carbocycles. The van der Waals surface area contributed by atoms with Crippen molar-refractivity contribution in [1.82, 2.24) is 0 Å². The summed E-state index contributed by atoms with van der Waals surface area (Å²) >= 11 is 0. The molecule has 1 heterocycles. The summed E-state index contributed by atoms with van der Waals surface area (Å²) < 4.78 is 10.5. The zero-order valence-corrected chi connectivity index (χ0v) is 9.12. The molecule has 2 atom stereocenters. The topological polar surface area (TPSA) is 35.5 Å². The van der Waals surface area contributed by atoms with Crippen molar-refractivity contribution >= 4 is 5.97 Å². The molecule has 1 aliphatic rings. The second-order valence-electron chi connectivity index (χ2n) is 3.80. The van der Waals surface area contributed by atoms with Crippen molar-refractivity contribution in [3.8, 4) is 0 Å². The van der Waals surface area contributed by atoms with Crippen molar-refractivity contribution in [2.75, 3.05) is 13.2 Å². The minimum atomic E-state index is -0.0609. The summed E-state index contributed by atoms with van der Waals surface area (Å²) in [6.45, 7) is 5.25. The number of hydrogen-bond acceptors (Lipinski definition) is 3. The van der Waals surface area contributed by atoms with E-state index in [0.29, 0.717) is 25.0 Å². The first-order valence-electron chi connectivity index (χ1n) is 5.53. The molecule has 3 heteroatoms. The van der Waals surface area contributed by atoms with Crippen LogP contribution in [0.15, 0.2) is 0 Å². The van der Waals surface area contributed by atoms with Crippen LogP contribution in [0.2, 0.25) is 0 Å². The van der Waals surface area contributed by atoms with Crippen LogP contribution in [0, 0.1) is 5.92 Å². The van der Waals surface area contributed by atoms with E-state index in [9.17, 15) is 4.79 Å². The van der Waals surface area contributed by atoms with Crippen molar-refractivity contribution in [2.24, 2.45) is 5.92 Å². The summed E-state index contributed by atoms with van der Waals surface area (Å²) in [7, 11) is 0. The van der Waals surface area contributed by atoms with Gasteiger partial charge in [-0.3, -0.25) is 4.79 Å². The number of carbonyl (C=O) groups is 1. The average Bonchev–Trinajstić information content (AvgIpc) is 2.18. The van der Waals surface area contributed by atoms with Gasteiger partial charge in [-0.15, -0.1) is 0 Å². The van der Waals surface area contributed by atoms with Gasteiger partial charge in [-0.2, -0.15) is 0 Å². The fourth-order valence-electron chi connectivity index (χ4n) is 1.88. The van der Waals surface area contributed by atoms with Crippen molar-refractivity contribution in [2.45, 2.75) is 45.6 Å². The van der Waals surface area contributed by atoms with Gasteiger partial charge in [0.1, 0.15) is 0 Å². The number of carbonyl (C=O) groups excluding carboxylic acids is 1. The minimum absolute atomic E-state index is 0.0609. The van der Waals surface area contributed by atoms with Crippen LogP contribution >= 0.6 is 0 Å². The Morgan fingerprint density at radius 3 is 2.93 bits per heavy atom. The van der Waals surface area contributed by atoms with Gasteiger partial charge in [0, 0.05) is 13.0 Å². The van der Waals surface area contributed by atoms with Gasteiger partial charge in [0.2, 0.25) is 0 Å². The molecule has 0 aromatic carbocycles. The molecule has 1 fully saturated rings. The van der Waals surface area contributed by atoms with Crippen LogP contribution in [0.4, 0.5) is 0 Å². The molecule has 0 unspecified atom stereocenters. The van der Waals surface area contributed by atoms with Gasteiger partial charge in [-0.25, -0.2) is 0 Å². The monoisotopic (exact) mass is 200 g/mol. The molecule has 0 N–H and O–H groups in total. The van der Waals surface area contributed by atoms with Gasteiger partial charge in [0.05, 0.1) is 12.7 Å². The number of hydrogen-bond donors (Lipinski definition) is 0. The van der Waals surface area contributed by atoms with Crippen LogP contribution in [0.1, 0.15) is 39.5 Å². The molecule has 0 spiro atoms. The molecule has 1 aliphatic heterocycles. The summed E-state index contributed by atoms with van der Waals surface area (Å²) in [6, 6.07) is 0. The first-order chi connectivity index (χ1) is 6.76. The Hall–Kier alpha value is -0.570. The average molecular weight is 200 g/mol. The van der Waals surface area contributed by atoms with Crippen LogP contribution < -0.4 is 0 Å². The van der Waals surface area contributed by atoms with Gasteiger partial charge < -0.3 is 9.47 Å². The van der Waals surface area contributed by atoms with E-state index >= 15 is 0 Å². The Balaban J connectivity index is 2.26. The highest BCUT2D eigenvalue weighted by molar-refractivity contribution is 5.69. The molecule has 1 saturated heterocycles. The van der Waals surface area contributed by atoms with E-state index in [0.717, 1.165) is 25.9 Å². The van der Waals surface area contributed by atoms with E-state index in [-0.39, 0.29) is 5.97 Å². The van der Waals surface area contributed by atoms with Crippen molar-refractivity contribution in [3.63, 3.8) is 0 Å². The summed E-state index contributed by atoms with van der Waals surface area (Å²) in [5.74, 6) is 0.405. The standard InChI is InChI=1S/C11H20O3/c1-3-10-7-9(5-6-14-10)8-11(12)13-4-2/h9-10H,3-8H2,1-2H3/t9-,10+/m0/s1. The quantitative estimate of drug-likeness (QED) is 0.652. The largest absolute Gasteiger partial charge is 0.466 e. The maximum atomic E-state index is 11.2. The molecule has 82 valence electrons. The Bertz CT molecular complexity index is 179. The molecule has 3 nitrogen and oxygen atoms in total. The van der Waals surface area contributed by atoms with Crippen LogP contribution in [0.25, 0.3) is 0 Å². The zero-order valence-electron chi connectivity index (χ0n) is 9.12. The summed E-state index contributed by atoms with van der Waals surface area (Å²) in [4.78, 5) is 11.2. The van der Waals surface area contributed by atoms with E-state index in [4.69, 9.17) is 9.47 Å². The molecule has 14 heavy (non-hydrogen) atoms. The molecule has 0 aromatic heterocycles. The number of ether oxygens (including phenoxy) is 2. The fourth-order valence-corrected chi connectivity index (χ4v) is 1.88. The zero-order chi connectivity index (χ0) is 10.4. The lowest BCUT2D eigenvalue weighted by atomic mass is 9.91. The predicted molar refractivity (Wildman–Crippen MR) is 54.0 cm³/mol. The highest BCUT2D eigenvalue weighted by atomic mass is 16.5. The maximum absolute atomic E-state index is 11.2. The minimum Gasteiger partial charge on any atom is -0.466 e. The Kier molecular flexibility index (Phi) is 4.94. The van der Waals surface area contributed by atoms with Crippen LogP contribution in [0.3, 0.4) is 0 Å². The van der Waals surface area contributed by atoms with Crippen molar-refractivity contribution < 1.29 is 14.3 Å². The summed E-state index contributed by atoms with van der Waals surface area (Å²) in [5.41, 5.74) is 0. The molecular weight excluding hydrogens is 180 g/mol. The van der Waals surface area contributed by atoms with E-state index in [1.165, 1.54) is 0 Å². The molecular formula is C11H20O3.